The number of nitrogens with zero attached hydrogens (tertiary/aromatic N) is 2. The summed E-state index contributed by atoms with van der Waals surface area (Å²) >= 11 is 1.64. The van der Waals surface area contributed by atoms with Gasteiger partial charge in [0, 0.05) is 19.2 Å². The van der Waals surface area contributed by atoms with Gasteiger partial charge in [-0.05, 0) is 41.3 Å². The second kappa shape index (κ2) is 5.02. The van der Waals surface area contributed by atoms with Crippen LogP contribution >= 0.6 is 11.3 Å². The molecule has 0 fully saturated rings. The van der Waals surface area contributed by atoms with Crippen molar-refractivity contribution in [2.45, 2.75) is 32.8 Å². The van der Waals surface area contributed by atoms with Gasteiger partial charge >= 0.3 is 0 Å². The summed E-state index contributed by atoms with van der Waals surface area (Å²) in [5.74, 6) is 0. The van der Waals surface area contributed by atoms with Crippen molar-refractivity contribution in [2.24, 2.45) is 7.05 Å². The molecule has 2 rings (SSSR count). The van der Waals surface area contributed by atoms with Gasteiger partial charge in [-0.2, -0.15) is 16.4 Å². The molecule has 0 saturated carbocycles. The Morgan fingerprint density at radius 3 is 2.76 bits per heavy atom. The largest absolute Gasteiger partial charge is 0.388 e. The number of aromatic nitrogens is 2. The predicted octanol–water partition coefficient (Wildman–Crippen LogP) is 2.63. The first-order valence-electron chi connectivity index (χ1n) is 5.84. The molecule has 2 aromatic rings. The Labute approximate surface area is 106 Å². The maximum absolute atomic E-state index is 10.2. The van der Waals surface area contributed by atoms with E-state index in [2.05, 4.69) is 23.5 Å². The van der Waals surface area contributed by atoms with Crippen LogP contribution < -0.4 is 0 Å². The zero-order valence-corrected chi connectivity index (χ0v) is 11.3. The van der Waals surface area contributed by atoms with Crippen molar-refractivity contribution in [3.8, 4) is 0 Å². The van der Waals surface area contributed by atoms with Gasteiger partial charge in [-0.3, -0.25) is 4.68 Å². The smallest absolute Gasteiger partial charge is 0.0855 e. The fourth-order valence-electron chi connectivity index (χ4n) is 1.96. The Morgan fingerprint density at radius 2 is 2.24 bits per heavy atom. The third-order valence-corrected chi connectivity index (χ3v) is 3.93. The molecule has 2 heterocycles. The van der Waals surface area contributed by atoms with Gasteiger partial charge in [0.15, 0.2) is 0 Å². The summed E-state index contributed by atoms with van der Waals surface area (Å²) in [6.45, 7) is 4.13. The maximum atomic E-state index is 10.2. The van der Waals surface area contributed by atoms with Crippen molar-refractivity contribution in [2.75, 3.05) is 0 Å². The van der Waals surface area contributed by atoms with Crippen LogP contribution in [-0.2, 0) is 19.9 Å². The molecule has 0 radical (unpaired) electrons. The first-order chi connectivity index (χ1) is 8.11. The van der Waals surface area contributed by atoms with Crippen molar-refractivity contribution in [1.82, 2.24) is 9.78 Å². The zero-order valence-electron chi connectivity index (χ0n) is 10.5. The number of aliphatic hydroxyl groups is 1. The van der Waals surface area contributed by atoms with Crippen LogP contribution in [0.3, 0.4) is 0 Å². The molecule has 1 unspecified atom stereocenters. The molecule has 0 spiro atoms. The monoisotopic (exact) mass is 250 g/mol. The van der Waals surface area contributed by atoms with Gasteiger partial charge in [-0.1, -0.05) is 6.92 Å². The van der Waals surface area contributed by atoms with Gasteiger partial charge in [-0.25, -0.2) is 0 Å². The Balaban J connectivity index is 2.15. The summed E-state index contributed by atoms with van der Waals surface area (Å²) in [6, 6.07) is 2.07. The van der Waals surface area contributed by atoms with Crippen LogP contribution in [0.15, 0.2) is 16.8 Å². The van der Waals surface area contributed by atoms with E-state index in [4.69, 9.17) is 0 Å². The average Bonchev–Trinajstić information content (AvgIpc) is 2.86. The van der Waals surface area contributed by atoms with Crippen molar-refractivity contribution in [1.29, 1.82) is 0 Å². The van der Waals surface area contributed by atoms with Crippen LogP contribution in [0, 0.1) is 6.92 Å². The van der Waals surface area contributed by atoms with Gasteiger partial charge in [0.25, 0.3) is 0 Å². The highest BCUT2D eigenvalue weighted by Crippen LogP contribution is 2.24. The summed E-state index contributed by atoms with van der Waals surface area (Å²) in [5, 5.41) is 18.7. The van der Waals surface area contributed by atoms with E-state index in [9.17, 15) is 5.11 Å². The van der Waals surface area contributed by atoms with Crippen LogP contribution in [0.5, 0.6) is 0 Å². The van der Waals surface area contributed by atoms with E-state index < -0.39 is 6.10 Å². The third kappa shape index (κ3) is 2.58. The molecule has 1 atom stereocenters. The normalized spacial score (nSPS) is 12.9. The number of aliphatic hydroxyl groups excluding tert-OH is 1. The summed E-state index contributed by atoms with van der Waals surface area (Å²) in [4.78, 5) is 0. The quantitative estimate of drug-likeness (QED) is 0.906. The van der Waals surface area contributed by atoms with E-state index in [-0.39, 0.29) is 0 Å². The minimum atomic E-state index is -0.429. The second-order valence-corrected chi connectivity index (χ2v) is 5.08. The predicted molar refractivity (Wildman–Crippen MR) is 70.3 cm³/mol. The Morgan fingerprint density at radius 1 is 1.47 bits per heavy atom. The highest BCUT2D eigenvalue weighted by atomic mass is 32.1. The van der Waals surface area contributed by atoms with Crippen LogP contribution in [0.2, 0.25) is 0 Å². The highest BCUT2D eigenvalue weighted by molar-refractivity contribution is 7.08. The standard InChI is InChI=1S/C13H18N2OS/c1-4-10-5-11(15(3)14-10)6-13(16)12-8-17-7-9(12)2/h5,7-8,13,16H,4,6H2,1-3H3. The molecule has 0 saturated heterocycles. The van der Waals surface area contributed by atoms with Crippen LogP contribution in [-0.4, -0.2) is 14.9 Å². The number of aryl methyl sites for hydroxylation is 3. The number of thiophene rings is 1. The first kappa shape index (κ1) is 12.3. The molecule has 3 nitrogen and oxygen atoms in total. The van der Waals surface area contributed by atoms with Crippen molar-refractivity contribution in [3.05, 3.63) is 39.3 Å². The SMILES string of the molecule is CCc1cc(CC(O)c2cscc2C)n(C)n1. The van der Waals surface area contributed by atoms with E-state index >= 15 is 0 Å². The molecular weight excluding hydrogens is 232 g/mol. The van der Waals surface area contributed by atoms with Gasteiger partial charge in [-0.15, -0.1) is 0 Å². The number of hydrogen-bond acceptors (Lipinski definition) is 3. The molecule has 2 aromatic heterocycles. The van der Waals surface area contributed by atoms with Crippen molar-refractivity contribution >= 4 is 11.3 Å². The minimum Gasteiger partial charge on any atom is -0.388 e. The van der Waals surface area contributed by atoms with Crippen molar-refractivity contribution < 1.29 is 5.11 Å². The molecular formula is C13H18N2OS. The van der Waals surface area contributed by atoms with E-state index in [1.807, 2.05) is 24.0 Å². The van der Waals surface area contributed by atoms with Gasteiger partial charge in [0.2, 0.25) is 0 Å². The van der Waals surface area contributed by atoms with Gasteiger partial charge in [0.1, 0.15) is 0 Å². The summed E-state index contributed by atoms with van der Waals surface area (Å²) in [7, 11) is 1.93. The molecule has 0 amide bonds. The molecule has 0 bridgehead atoms. The summed E-state index contributed by atoms with van der Waals surface area (Å²) < 4.78 is 1.86. The lowest BCUT2D eigenvalue weighted by Crippen LogP contribution is -2.06. The molecule has 4 heteroatoms. The minimum absolute atomic E-state index is 0.429. The van der Waals surface area contributed by atoms with Crippen molar-refractivity contribution in [3.63, 3.8) is 0 Å². The van der Waals surface area contributed by atoms with E-state index in [0.29, 0.717) is 6.42 Å². The van der Waals surface area contributed by atoms with Gasteiger partial charge in [0.05, 0.1) is 11.8 Å². The fourth-order valence-corrected chi connectivity index (χ4v) is 2.85. The summed E-state index contributed by atoms with van der Waals surface area (Å²) in [5.41, 5.74) is 4.37. The molecule has 0 aliphatic carbocycles. The molecule has 92 valence electrons. The molecule has 17 heavy (non-hydrogen) atoms. The molecule has 0 aliphatic rings. The van der Waals surface area contributed by atoms with Crippen LogP contribution in [0.25, 0.3) is 0 Å². The Hall–Kier alpha value is -1.13. The highest BCUT2D eigenvalue weighted by Gasteiger charge is 2.14. The van der Waals surface area contributed by atoms with E-state index in [1.54, 1.807) is 11.3 Å². The fraction of sp³-hybridized carbons (Fsp3) is 0.462. The first-order valence-corrected chi connectivity index (χ1v) is 6.78. The van der Waals surface area contributed by atoms with E-state index in [1.165, 1.54) is 5.56 Å². The van der Waals surface area contributed by atoms with E-state index in [0.717, 1.165) is 23.4 Å². The lowest BCUT2D eigenvalue weighted by atomic mass is 10.0. The third-order valence-electron chi connectivity index (χ3n) is 3.05. The van der Waals surface area contributed by atoms with Crippen LogP contribution in [0.1, 0.15) is 35.5 Å². The lowest BCUT2D eigenvalue weighted by Gasteiger charge is -2.10. The molecule has 0 aliphatic heterocycles. The average molecular weight is 250 g/mol. The topological polar surface area (TPSA) is 38.0 Å². The number of rotatable bonds is 4. The zero-order chi connectivity index (χ0) is 12.4. The molecule has 0 aromatic carbocycles. The summed E-state index contributed by atoms with van der Waals surface area (Å²) in [6.07, 6.45) is 1.13. The molecule has 1 N–H and O–H groups in total. The second-order valence-electron chi connectivity index (χ2n) is 4.33. The maximum Gasteiger partial charge on any atom is 0.0855 e. The Bertz CT molecular complexity index is 501. The number of hydrogen-bond donors (Lipinski definition) is 1. The lowest BCUT2D eigenvalue weighted by molar-refractivity contribution is 0.175. The van der Waals surface area contributed by atoms with Gasteiger partial charge < -0.3 is 5.11 Å². The Kier molecular flexibility index (Phi) is 3.64. The van der Waals surface area contributed by atoms with Crippen LogP contribution in [0.4, 0.5) is 0 Å².